The van der Waals surface area contributed by atoms with Gasteiger partial charge in [0.25, 0.3) is 0 Å². The van der Waals surface area contributed by atoms with E-state index in [1.807, 2.05) is 6.07 Å². The lowest BCUT2D eigenvalue weighted by molar-refractivity contribution is -0.142. The van der Waals surface area contributed by atoms with E-state index in [1.165, 1.54) is 31.2 Å². The summed E-state index contributed by atoms with van der Waals surface area (Å²) in [5.41, 5.74) is 1.37. The maximum Gasteiger partial charge on any atom is 0.326 e. The van der Waals surface area contributed by atoms with Gasteiger partial charge in [0, 0.05) is 24.2 Å². The topological polar surface area (TPSA) is 95.5 Å². The molecular weight excluding hydrogens is 431 g/mol. The SMILES string of the molecule is CC(=O)N[C@H](Cc1ccc(F)cc1)C(=O)N[C@H](Cc1cccc(Br)c1)C(=O)O. The Bertz CT molecular complexity index is 858. The van der Waals surface area contributed by atoms with Crippen molar-refractivity contribution in [3.63, 3.8) is 0 Å². The van der Waals surface area contributed by atoms with Gasteiger partial charge in [0.2, 0.25) is 11.8 Å². The number of halogens is 2. The number of benzene rings is 2. The third-order valence-corrected chi connectivity index (χ3v) is 4.48. The second kappa shape index (κ2) is 9.98. The van der Waals surface area contributed by atoms with Crippen molar-refractivity contribution in [1.29, 1.82) is 0 Å². The summed E-state index contributed by atoms with van der Waals surface area (Å²) in [6, 6.07) is 10.5. The Hall–Kier alpha value is -2.74. The molecule has 2 rings (SSSR count). The molecule has 6 nitrogen and oxygen atoms in total. The number of hydrogen-bond donors (Lipinski definition) is 3. The van der Waals surface area contributed by atoms with E-state index in [0.717, 1.165) is 10.0 Å². The first-order valence-electron chi connectivity index (χ1n) is 8.53. The van der Waals surface area contributed by atoms with Gasteiger partial charge in [-0.15, -0.1) is 0 Å². The second-order valence-corrected chi connectivity index (χ2v) is 7.23. The van der Waals surface area contributed by atoms with Crippen molar-refractivity contribution in [2.75, 3.05) is 0 Å². The third-order valence-electron chi connectivity index (χ3n) is 3.99. The maximum absolute atomic E-state index is 13.1. The molecule has 2 atom stereocenters. The summed E-state index contributed by atoms with van der Waals surface area (Å²) < 4.78 is 13.9. The van der Waals surface area contributed by atoms with Gasteiger partial charge in [-0.2, -0.15) is 0 Å². The summed E-state index contributed by atoms with van der Waals surface area (Å²) in [6.45, 7) is 1.26. The minimum atomic E-state index is -1.18. The Kier molecular flexibility index (Phi) is 7.69. The van der Waals surface area contributed by atoms with E-state index in [4.69, 9.17) is 0 Å². The molecule has 0 aliphatic heterocycles. The van der Waals surface area contributed by atoms with Gasteiger partial charge in [-0.05, 0) is 35.4 Å². The highest BCUT2D eigenvalue weighted by atomic mass is 79.9. The summed E-state index contributed by atoms with van der Waals surface area (Å²) in [5, 5.41) is 14.5. The molecule has 0 saturated carbocycles. The molecule has 0 aliphatic carbocycles. The summed E-state index contributed by atoms with van der Waals surface area (Å²) in [5.74, 6) is -2.65. The minimum Gasteiger partial charge on any atom is -0.480 e. The van der Waals surface area contributed by atoms with Crippen LogP contribution in [-0.2, 0) is 27.2 Å². The highest BCUT2D eigenvalue weighted by Crippen LogP contribution is 2.14. The first kappa shape index (κ1) is 21.6. The predicted molar refractivity (Wildman–Crippen MR) is 105 cm³/mol. The van der Waals surface area contributed by atoms with Crippen LogP contribution in [-0.4, -0.2) is 35.0 Å². The average Bonchev–Trinajstić information content (AvgIpc) is 2.62. The van der Waals surface area contributed by atoms with Gasteiger partial charge in [-0.3, -0.25) is 9.59 Å². The number of carbonyl (C=O) groups excluding carboxylic acids is 2. The molecule has 8 heteroatoms. The van der Waals surface area contributed by atoms with E-state index in [2.05, 4.69) is 26.6 Å². The van der Waals surface area contributed by atoms with Crippen LogP contribution in [0.3, 0.4) is 0 Å². The number of carboxylic acid groups (broad SMARTS) is 1. The summed E-state index contributed by atoms with van der Waals surface area (Å²) in [7, 11) is 0. The minimum absolute atomic E-state index is 0.0872. The smallest absolute Gasteiger partial charge is 0.326 e. The Morgan fingerprint density at radius 2 is 1.64 bits per heavy atom. The fraction of sp³-hybridized carbons (Fsp3) is 0.250. The fourth-order valence-corrected chi connectivity index (χ4v) is 3.13. The zero-order chi connectivity index (χ0) is 20.7. The van der Waals surface area contributed by atoms with Crippen LogP contribution >= 0.6 is 15.9 Å². The van der Waals surface area contributed by atoms with Crippen LogP contribution in [0.15, 0.2) is 53.0 Å². The largest absolute Gasteiger partial charge is 0.480 e. The molecule has 148 valence electrons. The van der Waals surface area contributed by atoms with Gasteiger partial charge in [-0.1, -0.05) is 40.2 Å². The van der Waals surface area contributed by atoms with Crippen LogP contribution in [0, 0.1) is 5.82 Å². The molecule has 2 amide bonds. The number of hydrogen-bond acceptors (Lipinski definition) is 3. The molecule has 0 aliphatic rings. The zero-order valence-corrected chi connectivity index (χ0v) is 16.7. The monoisotopic (exact) mass is 450 g/mol. The van der Waals surface area contributed by atoms with E-state index >= 15 is 0 Å². The highest BCUT2D eigenvalue weighted by Gasteiger charge is 2.26. The molecule has 0 fully saturated rings. The highest BCUT2D eigenvalue weighted by molar-refractivity contribution is 9.10. The molecule has 0 spiro atoms. The van der Waals surface area contributed by atoms with Crippen LogP contribution in [0.1, 0.15) is 18.1 Å². The second-order valence-electron chi connectivity index (χ2n) is 6.32. The standard InChI is InChI=1S/C20H20BrFN2O4/c1-12(25)23-17(10-13-5-7-16(22)8-6-13)19(26)24-18(20(27)28)11-14-3-2-4-15(21)9-14/h2-9,17-18H,10-11H2,1H3,(H,23,25)(H,24,26)(H,27,28)/t17-,18-/m1/s1. The van der Waals surface area contributed by atoms with Gasteiger partial charge in [-0.25, -0.2) is 9.18 Å². The predicted octanol–water partition coefficient (Wildman–Crippen LogP) is 2.45. The van der Waals surface area contributed by atoms with Gasteiger partial charge in [0.1, 0.15) is 17.9 Å². The van der Waals surface area contributed by atoms with E-state index in [0.29, 0.717) is 5.56 Å². The number of carboxylic acids is 1. The van der Waals surface area contributed by atoms with Gasteiger partial charge < -0.3 is 15.7 Å². The Labute approximate surface area is 170 Å². The molecule has 0 bridgehead atoms. The van der Waals surface area contributed by atoms with Crippen molar-refractivity contribution < 1.29 is 23.9 Å². The third kappa shape index (κ3) is 6.77. The van der Waals surface area contributed by atoms with Crippen molar-refractivity contribution in [3.8, 4) is 0 Å². The van der Waals surface area contributed by atoms with Crippen LogP contribution < -0.4 is 10.6 Å². The summed E-state index contributed by atoms with van der Waals surface area (Å²) >= 11 is 3.32. The fourth-order valence-electron chi connectivity index (χ4n) is 2.68. The van der Waals surface area contributed by atoms with Gasteiger partial charge >= 0.3 is 5.97 Å². The number of aliphatic carboxylic acids is 1. The van der Waals surface area contributed by atoms with Crippen LogP contribution in [0.25, 0.3) is 0 Å². The quantitative estimate of drug-likeness (QED) is 0.575. The molecule has 2 aromatic rings. The first-order valence-corrected chi connectivity index (χ1v) is 9.33. The molecule has 0 saturated heterocycles. The normalized spacial score (nSPS) is 12.7. The Morgan fingerprint density at radius 3 is 2.21 bits per heavy atom. The van der Waals surface area contributed by atoms with Crippen molar-refractivity contribution in [1.82, 2.24) is 10.6 Å². The van der Waals surface area contributed by atoms with Gasteiger partial charge in [0.05, 0.1) is 0 Å². The first-order chi connectivity index (χ1) is 13.2. The number of rotatable bonds is 8. The number of carbonyl (C=O) groups is 3. The van der Waals surface area contributed by atoms with Crippen molar-refractivity contribution >= 4 is 33.7 Å². The summed E-state index contributed by atoms with van der Waals surface area (Å²) in [6.07, 6.45) is 0.193. The lowest BCUT2D eigenvalue weighted by atomic mass is 10.0. The van der Waals surface area contributed by atoms with Crippen molar-refractivity contribution in [2.45, 2.75) is 31.8 Å². The number of nitrogens with one attached hydrogen (secondary N) is 2. The van der Waals surface area contributed by atoms with Crippen molar-refractivity contribution in [2.24, 2.45) is 0 Å². The van der Waals surface area contributed by atoms with Crippen molar-refractivity contribution in [3.05, 3.63) is 69.9 Å². The molecular formula is C20H20BrFN2O4. The molecule has 0 unspecified atom stereocenters. The lowest BCUT2D eigenvalue weighted by Crippen LogP contribution is -2.52. The average molecular weight is 451 g/mol. The molecule has 0 aromatic heterocycles. The maximum atomic E-state index is 13.1. The molecule has 28 heavy (non-hydrogen) atoms. The van der Waals surface area contributed by atoms with E-state index in [-0.39, 0.29) is 12.8 Å². The Morgan fingerprint density at radius 1 is 1.00 bits per heavy atom. The zero-order valence-electron chi connectivity index (χ0n) is 15.1. The van der Waals surface area contributed by atoms with Crippen LogP contribution in [0.5, 0.6) is 0 Å². The van der Waals surface area contributed by atoms with Gasteiger partial charge in [0.15, 0.2) is 0 Å². The van der Waals surface area contributed by atoms with E-state index in [1.54, 1.807) is 18.2 Å². The lowest BCUT2D eigenvalue weighted by Gasteiger charge is -2.21. The van der Waals surface area contributed by atoms with Crippen LogP contribution in [0.4, 0.5) is 4.39 Å². The molecule has 3 N–H and O–H groups in total. The molecule has 2 aromatic carbocycles. The number of amides is 2. The molecule has 0 heterocycles. The summed E-state index contributed by atoms with van der Waals surface area (Å²) in [4.78, 5) is 35.7. The molecule has 0 radical (unpaired) electrons. The van der Waals surface area contributed by atoms with E-state index in [9.17, 15) is 23.9 Å². The Balaban J connectivity index is 2.12. The van der Waals surface area contributed by atoms with E-state index < -0.39 is 35.7 Å². The van der Waals surface area contributed by atoms with Crippen LogP contribution in [0.2, 0.25) is 0 Å².